The fourth-order valence-electron chi connectivity index (χ4n) is 2.41. The Hall–Kier alpha value is -2.56. The Balaban J connectivity index is 1.73. The third-order valence-corrected chi connectivity index (χ3v) is 3.54. The van der Waals surface area contributed by atoms with Gasteiger partial charge in [0.2, 0.25) is 11.8 Å². The molecule has 0 saturated carbocycles. The number of nitrogens with one attached hydrogen (secondary N) is 1. The van der Waals surface area contributed by atoms with Crippen LogP contribution in [0, 0.1) is 13.8 Å². The van der Waals surface area contributed by atoms with Crippen LogP contribution in [0.5, 0.6) is 11.6 Å². The second-order valence-electron chi connectivity index (χ2n) is 6.05. The van der Waals surface area contributed by atoms with Gasteiger partial charge in [-0.2, -0.15) is 0 Å². The molecule has 0 aliphatic carbocycles. The summed E-state index contributed by atoms with van der Waals surface area (Å²) >= 11 is 0. The van der Waals surface area contributed by atoms with Gasteiger partial charge in [0.05, 0.1) is 19.6 Å². The number of hydrogen-bond donors (Lipinski definition) is 1. The number of rotatable bonds is 9. The van der Waals surface area contributed by atoms with Crippen molar-refractivity contribution in [2.45, 2.75) is 40.2 Å². The van der Waals surface area contributed by atoms with Crippen LogP contribution < -0.4 is 14.8 Å². The smallest absolute Gasteiger partial charge is 0.223 e. The van der Waals surface area contributed by atoms with E-state index < -0.39 is 0 Å². The minimum atomic E-state index is -0.0442. The Morgan fingerprint density at radius 2 is 1.84 bits per heavy atom. The molecule has 0 fully saturated rings. The molecule has 5 heteroatoms. The second-order valence-corrected chi connectivity index (χ2v) is 6.05. The maximum atomic E-state index is 12.0. The van der Waals surface area contributed by atoms with Crippen molar-refractivity contribution < 1.29 is 14.3 Å². The summed E-state index contributed by atoms with van der Waals surface area (Å²) in [5.74, 6) is 1.35. The number of carbonyl (C=O) groups excluding carboxylic acids is 1. The Kier molecular flexibility index (Phi) is 7.26. The first-order valence-electron chi connectivity index (χ1n) is 8.62. The third-order valence-electron chi connectivity index (χ3n) is 3.54. The zero-order valence-corrected chi connectivity index (χ0v) is 15.2. The molecule has 25 heavy (non-hydrogen) atoms. The van der Waals surface area contributed by atoms with E-state index in [0.717, 1.165) is 28.9 Å². The minimum absolute atomic E-state index is 0.0442. The molecule has 0 spiro atoms. The third kappa shape index (κ3) is 6.83. The molecule has 0 radical (unpaired) electrons. The van der Waals surface area contributed by atoms with Crippen molar-refractivity contribution in [3.05, 3.63) is 53.2 Å². The van der Waals surface area contributed by atoms with Crippen molar-refractivity contribution in [2.24, 2.45) is 0 Å². The predicted molar refractivity (Wildman–Crippen MR) is 97.9 cm³/mol. The van der Waals surface area contributed by atoms with Gasteiger partial charge >= 0.3 is 0 Å². The molecule has 0 aliphatic heterocycles. The van der Waals surface area contributed by atoms with Crippen LogP contribution in [0.3, 0.4) is 0 Å². The molecule has 0 saturated heterocycles. The van der Waals surface area contributed by atoms with Crippen LogP contribution >= 0.6 is 0 Å². The number of ether oxygens (including phenoxy) is 2. The normalized spacial score (nSPS) is 10.4. The number of aromatic nitrogens is 1. The van der Waals surface area contributed by atoms with Crippen LogP contribution in [-0.4, -0.2) is 24.1 Å². The number of amides is 1. The highest BCUT2D eigenvalue weighted by Crippen LogP contribution is 2.16. The molecule has 2 aromatic rings. The number of nitrogens with zero attached hydrogens (tertiary/aromatic N) is 1. The number of hydrogen-bond acceptors (Lipinski definition) is 4. The maximum Gasteiger partial charge on any atom is 0.223 e. The van der Waals surface area contributed by atoms with Gasteiger partial charge in [-0.3, -0.25) is 4.79 Å². The van der Waals surface area contributed by atoms with Gasteiger partial charge < -0.3 is 14.8 Å². The lowest BCUT2D eigenvalue weighted by Crippen LogP contribution is -2.24. The van der Waals surface area contributed by atoms with Crippen molar-refractivity contribution in [3.8, 4) is 11.6 Å². The molecule has 0 unspecified atom stereocenters. The van der Waals surface area contributed by atoms with E-state index in [-0.39, 0.29) is 5.91 Å². The van der Waals surface area contributed by atoms with E-state index in [4.69, 9.17) is 9.47 Å². The van der Waals surface area contributed by atoms with E-state index in [1.165, 1.54) is 0 Å². The van der Waals surface area contributed by atoms with Crippen molar-refractivity contribution in [3.63, 3.8) is 0 Å². The Labute approximate surface area is 149 Å². The Morgan fingerprint density at radius 1 is 1.08 bits per heavy atom. The highest BCUT2D eigenvalue weighted by molar-refractivity contribution is 5.76. The van der Waals surface area contributed by atoms with Gasteiger partial charge in [0.1, 0.15) is 5.75 Å². The van der Waals surface area contributed by atoms with Crippen molar-refractivity contribution >= 4 is 5.91 Å². The quantitative estimate of drug-likeness (QED) is 0.757. The first kappa shape index (κ1) is 18.8. The summed E-state index contributed by atoms with van der Waals surface area (Å²) in [5.41, 5.74) is 3.26. The highest BCUT2D eigenvalue weighted by Gasteiger charge is 2.04. The lowest BCUT2D eigenvalue weighted by atomic mass is 10.1. The van der Waals surface area contributed by atoms with Gasteiger partial charge in [0, 0.05) is 18.8 Å². The van der Waals surface area contributed by atoms with E-state index in [9.17, 15) is 4.79 Å². The summed E-state index contributed by atoms with van der Waals surface area (Å²) in [6.45, 7) is 7.55. The summed E-state index contributed by atoms with van der Waals surface area (Å²) < 4.78 is 11.2. The molecular weight excluding hydrogens is 316 g/mol. The van der Waals surface area contributed by atoms with E-state index in [1.54, 1.807) is 6.20 Å². The summed E-state index contributed by atoms with van der Waals surface area (Å²) in [4.78, 5) is 16.1. The molecule has 0 bridgehead atoms. The van der Waals surface area contributed by atoms with E-state index >= 15 is 0 Å². The summed E-state index contributed by atoms with van der Waals surface area (Å²) in [6, 6.07) is 9.75. The molecule has 1 amide bonds. The van der Waals surface area contributed by atoms with Gasteiger partial charge in [-0.05, 0) is 55.2 Å². The van der Waals surface area contributed by atoms with Gasteiger partial charge in [0.25, 0.3) is 0 Å². The van der Waals surface area contributed by atoms with Crippen molar-refractivity contribution in [2.75, 3.05) is 13.2 Å². The number of aryl methyl sites for hydroxylation is 2. The fourth-order valence-corrected chi connectivity index (χ4v) is 2.41. The summed E-state index contributed by atoms with van der Waals surface area (Å²) in [7, 11) is 0. The lowest BCUT2D eigenvalue weighted by molar-refractivity contribution is -0.121. The van der Waals surface area contributed by atoms with Crippen LogP contribution in [0.2, 0.25) is 0 Å². The first-order chi connectivity index (χ1) is 12.1. The monoisotopic (exact) mass is 342 g/mol. The number of pyridine rings is 1. The van der Waals surface area contributed by atoms with Crippen molar-refractivity contribution in [1.82, 2.24) is 10.3 Å². The second kappa shape index (κ2) is 9.67. The molecule has 1 N–H and O–H groups in total. The molecule has 2 rings (SSSR count). The highest BCUT2D eigenvalue weighted by atomic mass is 16.5. The summed E-state index contributed by atoms with van der Waals surface area (Å²) in [5, 5.41) is 2.89. The molecule has 0 atom stereocenters. The minimum Gasteiger partial charge on any atom is -0.493 e. The van der Waals surface area contributed by atoms with Gasteiger partial charge in [-0.15, -0.1) is 0 Å². The van der Waals surface area contributed by atoms with E-state index in [1.807, 2.05) is 45.0 Å². The average molecular weight is 342 g/mol. The zero-order chi connectivity index (χ0) is 18.1. The van der Waals surface area contributed by atoms with Crippen LogP contribution in [-0.2, 0) is 11.3 Å². The van der Waals surface area contributed by atoms with Crippen LogP contribution in [0.15, 0.2) is 36.5 Å². The first-order valence-corrected chi connectivity index (χ1v) is 8.62. The molecule has 5 nitrogen and oxygen atoms in total. The standard InChI is InChI=1S/C20H26N2O3/c1-4-8-25-20-13-17(5-7-21-20)14-22-19(23)6-9-24-18-11-15(2)10-16(3)12-18/h5,7,10-13H,4,6,8-9,14H2,1-3H3,(H,22,23). The predicted octanol–water partition coefficient (Wildman–Crippen LogP) is 3.57. The average Bonchev–Trinajstić information content (AvgIpc) is 2.58. The van der Waals surface area contributed by atoms with Crippen LogP contribution in [0.25, 0.3) is 0 Å². The van der Waals surface area contributed by atoms with Gasteiger partial charge in [-0.25, -0.2) is 4.98 Å². The zero-order valence-electron chi connectivity index (χ0n) is 15.2. The van der Waals surface area contributed by atoms with Crippen molar-refractivity contribution in [1.29, 1.82) is 0 Å². The maximum absolute atomic E-state index is 12.0. The topological polar surface area (TPSA) is 60.5 Å². The van der Waals surface area contributed by atoms with E-state index in [0.29, 0.717) is 32.1 Å². The molecule has 1 aromatic heterocycles. The largest absolute Gasteiger partial charge is 0.493 e. The molecular formula is C20H26N2O3. The van der Waals surface area contributed by atoms with Gasteiger partial charge in [0.15, 0.2) is 0 Å². The fraction of sp³-hybridized carbons (Fsp3) is 0.400. The number of benzene rings is 1. The Bertz CT molecular complexity index is 681. The van der Waals surface area contributed by atoms with Crippen LogP contribution in [0.4, 0.5) is 0 Å². The molecule has 0 aliphatic rings. The lowest BCUT2D eigenvalue weighted by Gasteiger charge is -2.09. The number of carbonyl (C=O) groups is 1. The SMILES string of the molecule is CCCOc1cc(CNC(=O)CCOc2cc(C)cc(C)c2)ccn1. The molecule has 134 valence electrons. The van der Waals surface area contributed by atoms with Crippen LogP contribution in [0.1, 0.15) is 36.5 Å². The molecule has 1 aromatic carbocycles. The van der Waals surface area contributed by atoms with Gasteiger partial charge in [-0.1, -0.05) is 13.0 Å². The van der Waals surface area contributed by atoms with E-state index in [2.05, 4.69) is 16.4 Å². The molecule has 1 heterocycles. The summed E-state index contributed by atoms with van der Waals surface area (Å²) in [6.07, 6.45) is 2.94. The Morgan fingerprint density at radius 3 is 2.56 bits per heavy atom.